The van der Waals surface area contributed by atoms with Gasteiger partial charge in [0.25, 0.3) is 0 Å². The molecular formula is C10H15Cl2N5OS. The number of carbonyl (C=O) groups excluding carboxylic acids is 1. The summed E-state index contributed by atoms with van der Waals surface area (Å²) in [4.78, 5) is 14.7. The second kappa shape index (κ2) is 10.5. The van der Waals surface area contributed by atoms with E-state index in [1.165, 1.54) is 6.92 Å². The molecule has 0 aromatic heterocycles. The summed E-state index contributed by atoms with van der Waals surface area (Å²) in [5.74, 6) is -0.299. The van der Waals surface area contributed by atoms with Crippen molar-refractivity contribution in [3.8, 4) is 0 Å². The van der Waals surface area contributed by atoms with Gasteiger partial charge in [-0.1, -0.05) is 18.2 Å². The summed E-state index contributed by atoms with van der Waals surface area (Å²) in [6.45, 7) is 1.34. The van der Waals surface area contributed by atoms with Crippen molar-refractivity contribution < 1.29 is 4.79 Å². The molecule has 1 aromatic rings. The minimum absolute atomic E-state index is 0. The van der Waals surface area contributed by atoms with Gasteiger partial charge in [0.05, 0.1) is 5.69 Å². The van der Waals surface area contributed by atoms with E-state index >= 15 is 0 Å². The fourth-order valence-electron chi connectivity index (χ4n) is 0.916. The lowest BCUT2D eigenvalue weighted by Crippen LogP contribution is -2.21. The quantitative estimate of drug-likeness (QED) is 0.436. The van der Waals surface area contributed by atoms with Crippen LogP contribution in [0.3, 0.4) is 0 Å². The Balaban J connectivity index is 0. The predicted molar refractivity (Wildman–Crippen MR) is 85.3 cm³/mol. The molecule has 0 spiro atoms. The zero-order chi connectivity index (χ0) is 12.7. The van der Waals surface area contributed by atoms with Crippen molar-refractivity contribution >= 4 is 58.5 Å². The molecule has 0 saturated carbocycles. The van der Waals surface area contributed by atoms with Crippen molar-refractivity contribution in [2.24, 2.45) is 21.6 Å². The van der Waals surface area contributed by atoms with Crippen molar-refractivity contribution in [3.05, 3.63) is 30.3 Å². The van der Waals surface area contributed by atoms with Crippen molar-refractivity contribution in [2.45, 2.75) is 6.92 Å². The van der Waals surface area contributed by atoms with E-state index in [9.17, 15) is 4.79 Å². The van der Waals surface area contributed by atoms with Crippen LogP contribution < -0.4 is 16.9 Å². The molecule has 0 saturated heterocycles. The van der Waals surface area contributed by atoms with Crippen molar-refractivity contribution in [1.82, 2.24) is 5.43 Å². The fourth-order valence-corrected chi connectivity index (χ4v) is 1.37. The van der Waals surface area contributed by atoms with Crippen LogP contribution in [-0.4, -0.2) is 16.2 Å². The van der Waals surface area contributed by atoms with E-state index < -0.39 is 0 Å². The number of nitrogens with two attached hydrogens (primary N) is 2. The molecule has 0 atom stereocenters. The lowest BCUT2D eigenvalue weighted by Gasteiger charge is -2.00. The number of thioether (sulfide) groups is 1. The zero-order valence-corrected chi connectivity index (χ0v) is 12.5. The highest BCUT2D eigenvalue weighted by atomic mass is 35.5. The molecule has 19 heavy (non-hydrogen) atoms. The molecule has 0 radical (unpaired) electrons. The number of para-hydroxylation sites is 1. The molecule has 0 unspecified atom stereocenters. The highest BCUT2D eigenvalue weighted by molar-refractivity contribution is 8.26. The largest absolute Gasteiger partial charge is 0.378 e. The molecule has 6 nitrogen and oxygen atoms in total. The average molecular weight is 324 g/mol. The maximum atomic E-state index is 10.6. The van der Waals surface area contributed by atoms with Crippen molar-refractivity contribution in [2.75, 3.05) is 0 Å². The van der Waals surface area contributed by atoms with E-state index in [0.717, 1.165) is 17.4 Å². The van der Waals surface area contributed by atoms with E-state index in [0.29, 0.717) is 0 Å². The number of nitrogens with zero attached hydrogens (tertiary/aromatic N) is 2. The third-order valence-corrected chi connectivity index (χ3v) is 2.13. The normalized spacial score (nSPS) is 11.0. The van der Waals surface area contributed by atoms with Crippen LogP contribution in [0.5, 0.6) is 0 Å². The standard InChI is InChI=1S/C10H13N5OS.2ClH/c1-7(16)14-15-10(12)17-9(11)13-8-5-3-2-4-6-8;;/h2-6H,1H3,(H2,11,13)(H2,12,15)(H,14,16);2*1H. The maximum absolute atomic E-state index is 10.6. The minimum Gasteiger partial charge on any atom is -0.378 e. The molecular weight excluding hydrogens is 309 g/mol. The Bertz CT molecular complexity index is 452. The summed E-state index contributed by atoms with van der Waals surface area (Å²) in [6.07, 6.45) is 0. The van der Waals surface area contributed by atoms with Crippen LogP contribution in [0, 0.1) is 0 Å². The number of halogens is 2. The Morgan fingerprint density at radius 3 is 2.26 bits per heavy atom. The Morgan fingerprint density at radius 1 is 1.16 bits per heavy atom. The van der Waals surface area contributed by atoms with Gasteiger partial charge in [-0.15, -0.1) is 29.9 Å². The second-order valence-corrected chi connectivity index (χ2v) is 4.05. The van der Waals surface area contributed by atoms with Gasteiger partial charge in [-0.25, -0.2) is 10.4 Å². The van der Waals surface area contributed by atoms with Crippen LogP contribution >= 0.6 is 36.6 Å². The SMILES string of the molecule is CC(=O)N/N=C(\N)SC(N)=Nc1ccccc1.Cl.Cl. The molecule has 0 aliphatic carbocycles. The molecule has 1 amide bonds. The minimum atomic E-state index is -0.299. The van der Waals surface area contributed by atoms with Gasteiger partial charge in [0.15, 0.2) is 10.3 Å². The van der Waals surface area contributed by atoms with Gasteiger partial charge in [-0.05, 0) is 23.9 Å². The number of amides is 1. The average Bonchev–Trinajstić information content (AvgIpc) is 2.27. The second-order valence-electron chi connectivity index (χ2n) is 3.01. The van der Waals surface area contributed by atoms with Crippen LogP contribution in [0.15, 0.2) is 40.4 Å². The molecule has 0 fully saturated rings. The molecule has 5 N–H and O–H groups in total. The highest BCUT2D eigenvalue weighted by Crippen LogP contribution is 2.12. The van der Waals surface area contributed by atoms with Crippen molar-refractivity contribution in [1.29, 1.82) is 0 Å². The van der Waals surface area contributed by atoms with Gasteiger partial charge in [0.1, 0.15) is 0 Å². The Kier molecular flexibility index (Phi) is 11.0. The van der Waals surface area contributed by atoms with Crippen molar-refractivity contribution in [3.63, 3.8) is 0 Å². The van der Waals surface area contributed by atoms with Crippen LogP contribution in [0.4, 0.5) is 5.69 Å². The Hall–Kier alpha value is -1.44. The smallest absolute Gasteiger partial charge is 0.237 e. The lowest BCUT2D eigenvalue weighted by molar-refractivity contribution is -0.118. The number of hydrogen-bond acceptors (Lipinski definition) is 4. The Labute approximate surface area is 127 Å². The van der Waals surface area contributed by atoms with Crippen LogP contribution in [0.2, 0.25) is 0 Å². The maximum Gasteiger partial charge on any atom is 0.237 e. The monoisotopic (exact) mass is 323 g/mol. The van der Waals surface area contributed by atoms with E-state index in [1.54, 1.807) is 0 Å². The number of aliphatic imine (C=N–C) groups is 1. The van der Waals surface area contributed by atoms with Gasteiger partial charge in [0.2, 0.25) is 5.91 Å². The van der Waals surface area contributed by atoms with Gasteiger partial charge in [-0.2, -0.15) is 0 Å². The first-order valence-electron chi connectivity index (χ1n) is 4.74. The van der Waals surface area contributed by atoms with Crippen LogP contribution in [0.25, 0.3) is 0 Å². The fraction of sp³-hybridized carbons (Fsp3) is 0.100. The molecule has 1 rings (SSSR count). The molecule has 1 aromatic carbocycles. The van der Waals surface area contributed by atoms with E-state index in [2.05, 4.69) is 15.5 Å². The van der Waals surface area contributed by atoms with Gasteiger partial charge >= 0.3 is 0 Å². The number of hydrazone groups is 1. The van der Waals surface area contributed by atoms with E-state index in [-0.39, 0.29) is 41.1 Å². The zero-order valence-electron chi connectivity index (χ0n) is 10.1. The molecule has 106 valence electrons. The number of benzene rings is 1. The summed E-state index contributed by atoms with van der Waals surface area (Å²) in [5.41, 5.74) is 14.1. The van der Waals surface area contributed by atoms with Gasteiger partial charge in [0, 0.05) is 6.92 Å². The Morgan fingerprint density at radius 2 is 1.74 bits per heavy atom. The molecule has 0 bridgehead atoms. The summed E-state index contributed by atoms with van der Waals surface area (Å²) >= 11 is 0.977. The molecule has 0 aliphatic rings. The first kappa shape index (κ1) is 19.9. The summed E-state index contributed by atoms with van der Waals surface area (Å²) in [7, 11) is 0. The third kappa shape index (κ3) is 9.18. The lowest BCUT2D eigenvalue weighted by atomic mass is 10.3. The topological polar surface area (TPSA) is 106 Å². The number of nitrogens with one attached hydrogen (secondary N) is 1. The van der Waals surface area contributed by atoms with E-state index in [4.69, 9.17) is 11.5 Å². The number of carbonyl (C=O) groups is 1. The third-order valence-electron chi connectivity index (χ3n) is 1.53. The first-order valence-corrected chi connectivity index (χ1v) is 5.56. The number of rotatable bonds is 2. The highest BCUT2D eigenvalue weighted by Gasteiger charge is 1.99. The van der Waals surface area contributed by atoms with Gasteiger partial charge < -0.3 is 11.5 Å². The van der Waals surface area contributed by atoms with Gasteiger partial charge in [-0.3, -0.25) is 4.79 Å². The molecule has 0 aliphatic heterocycles. The molecule has 9 heteroatoms. The summed E-state index contributed by atoms with van der Waals surface area (Å²) in [6, 6.07) is 9.22. The first-order chi connectivity index (χ1) is 8.08. The predicted octanol–water partition coefficient (Wildman–Crippen LogP) is 1.58. The summed E-state index contributed by atoms with van der Waals surface area (Å²) in [5, 5.41) is 3.98. The van der Waals surface area contributed by atoms with E-state index in [1.807, 2.05) is 30.3 Å². The van der Waals surface area contributed by atoms with Crippen LogP contribution in [0.1, 0.15) is 6.92 Å². The summed E-state index contributed by atoms with van der Waals surface area (Å²) < 4.78 is 0. The number of hydrogen-bond donors (Lipinski definition) is 3. The van der Waals surface area contributed by atoms with Crippen LogP contribution in [-0.2, 0) is 4.79 Å². The molecule has 0 heterocycles. The number of amidine groups is 2.